The molecule has 1 aliphatic carbocycles. The smallest absolute Gasteiger partial charge is 0.134 e. The second kappa shape index (κ2) is 3.88. The summed E-state index contributed by atoms with van der Waals surface area (Å²) >= 11 is 6.35. The monoisotopic (exact) mass is 199 g/mol. The van der Waals surface area contributed by atoms with Crippen LogP contribution in [0.15, 0.2) is 0 Å². The third-order valence-corrected chi connectivity index (χ3v) is 3.71. The Hall–Kier alpha value is -0.220. The first kappa shape index (κ1) is 10.9. The summed E-state index contributed by atoms with van der Waals surface area (Å²) in [5.74, 6) is 1.49. The Kier molecular flexibility index (Phi) is 3.24. The Morgan fingerprint density at radius 3 is 2.54 bits per heavy atom. The number of hydrogen-bond acceptors (Lipinski definition) is 1. The van der Waals surface area contributed by atoms with Crippen LogP contribution < -0.4 is 0 Å². The molecule has 2 heteroatoms. The van der Waals surface area contributed by atoms with Crippen molar-refractivity contribution in [2.75, 3.05) is 0 Å². The summed E-state index contributed by atoms with van der Waals surface area (Å²) in [7, 11) is 0. The second-order valence-electron chi connectivity index (χ2n) is 4.71. The van der Waals surface area contributed by atoms with Gasteiger partial charge in [0.15, 0.2) is 0 Å². The molecule has 1 saturated carbocycles. The molecule has 3 unspecified atom stereocenters. The molecule has 0 aromatic heterocycles. The number of nitriles is 1. The highest BCUT2D eigenvalue weighted by molar-refractivity contribution is 6.26. The minimum Gasteiger partial charge on any atom is -0.196 e. The van der Waals surface area contributed by atoms with E-state index in [1.165, 1.54) is 6.42 Å². The van der Waals surface area contributed by atoms with Crippen LogP contribution in [0.1, 0.15) is 40.0 Å². The Morgan fingerprint density at radius 1 is 1.46 bits per heavy atom. The molecule has 0 amide bonds. The number of rotatable bonds is 1. The van der Waals surface area contributed by atoms with Crippen LogP contribution in [0, 0.1) is 29.1 Å². The number of halogens is 1. The molecule has 0 spiro atoms. The first-order valence-electron chi connectivity index (χ1n) is 5.09. The zero-order chi connectivity index (χ0) is 10.1. The Morgan fingerprint density at radius 2 is 2.08 bits per heavy atom. The fourth-order valence-corrected chi connectivity index (χ4v) is 3.07. The predicted octanol–water partition coefficient (Wildman–Crippen LogP) is 3.58. The molecule has 74 valence electrons. The molecule has 1 aliphatic rings. The lowest BCUT2D eigenvalue weighted by Gasteiger charge is -2.39. The zero-order valence-electron chi connectivity index (χ0n) is 8.68. The van der Waals surface area contributed by atoms with E-state index in [1.807, 2.05) is 0 Å². The summed E-state index contributed by atoms with van der Waals surface area (Å²) in [6.45, 7) is 6.51. The van der Waals surface area contributed by atoms with Crippen molar-refractivity contribution in [2.45, 2.75) is 44.9 Å². The maximum absolute atomic E-state index is 9.11. The highest BCUT2D eigenvalue weighted by Crippen LogP contribution is 2.44. The summed E-state index contributed by atoms with van der Waals surface area (Å²) in [6, 6.07) is 2.31. The van der Waals surface area contributed by atoms with Crippen LogP contribution in [0.4, 0.5) is 0 Å². The van der Waals surface area contributed by atoms with E-state index >= 15 is 0 Å². The van der Waals surface area contributed by atoms with E-state index < -0.39 is 4.87 Å². The Labute approximate surface area is 86.1 Å². The Balaban J connectivity index is 2.80. The maximum atomic E-state index is 9.11. The molecule has 0 heterocycles. The van der Waals surface area contributed by atoms with Gasteiger partial charge < -0.3 is 0 Å². The van der Waals surface area contributed by atoms with Gasteiger partial charge in [-0.15, -0.1) is 11.6 Å². The molecule has 1 fully saturated rings. The van der Waals surface area contributed by atoms with Gasteiger partial charge in [-0.05, 0) is 30.6 Å². The summed E-state index contributed by atoms with van der Waals surface area (Å²) in [5.41, 5.74) is 0. The van der Waals surface area contributed by atoms with E-state index in [-0.39, 0.29) is 0 Å². The van der Waals surface area contributed by atoms with Crippen molar-refractivity contribution in [3.05, 3.63) is 0 Å². The average Bonchev–Trinajstić information content (AvgIpc) is 2.03. The van der Waals surface area contributed by atoms with Gasteiger partial charge in [-0.1, -0.05) is 27.2 Å². The van der Waals surface area contributed by atoms with Crippen LogP contribution in [-0.2, 0) is 0 Å². The van der Waals surface area contributed by atoms with Gasteiger partial charge in [0.2, 0.25) is 0 Å². The average molecular weight is 200 g/mol. The van der Waals surface area contributed by atoms with Gasteiger partial charge in [-0.3, -0.25) is 0 Å². The third-order valence-electron chi connectivity index (χ3n) is 3.19. The standard InChI is InChI=1S/C11H18ClN/c1-8(2)10-5-4-9(3)6-11(10,12)7-13/h8-10H,4-6H2,1-3H3. The minimum absolute atomic E-state index is 0.371. The SMILES string of the molecule is CC1CCC(C(C)C)C(Cl)(C#N)C1. The second-order valence-corrected chi connectivity index (χ2v) is 5.39. The van der Waals surface area contributed by atoms with E-state index in [0.717, 1.165) is 12.8 Å². The molecule has 0 N–H and O–H groups in total. The maximum Gasteiger partial charge on any atom is 0.134 e. The van der Waals surface area contributed by atoms with Crippen LogP contribution in [0.3, 0.4) is 0 Å². The van der Waals surface area contributed by atoms with Crippen molar-refractivity contribution in [2.24, 2.45) is 17.8 Å². The normalized spacial score (nSPS) is 40.3. The van der Waals surface area contributed by atoms with Gasteiger partial charge in [0.1, 0.15) is 4.87 Å². The van der Waals surface area contributed by atoms with E-state index in [2.05, 4.69) is 26.8 Å². The highest BCUT2D eigenvalue weighted by Gasteiger charge is 2.43. The number of nitrogens with zero attached hydrogens (tertiary/aromatic N) is 1. The molecule has 1 rings (SSSR count). The summed E-state index contributed by atoms with van der Waals surface area (Å²) in [4.78, 5) is -0.591. The highest BCUT2D eigenvalue weighted by atomic mass is 35.5. The van der Waals surface area contributed by atoms with Crippen molar-refractivity contribution in [3.63, 3.8) is 0 Å². The van der Waals surface area contributed by atoms with Crippen LogP contribution >= 0.6 is 11.6 Å². The van der Waals surface area contributed by atoms with Crippen LogP contribution in [0.2, 0.25) is 0 Å². The summed E-state index contributed by atoms with van der Waals surface area (Å²) in [6.07, 6.45) is 3.18. The fourth-order valence-electron chi connectivity index (χ4n) is 2.44. The van der Waals surface area contributed by atoms with Gasteiger partial charge in [-0.2, -0.15) is 5.26 Å². The van der Waals surface area contributed by atoms with Crippen molar-refractivity contribution < 1.29 is 0 Å². The minimum atomic E-state index is -0.591. The molecule has 0 saturated heterocycles. The van der Waals surface area contributed by atoms with Crippen LogP contribution in [-0.4, -0.2) is 4.87 Å². The molecule has 0 aliphatic heterocycles. The van der Waals surface area contributed by atoms with Gasteiger partial charge >= 0.3 is 0 Å². The molecule has 0 bridgehead atoms. The van der Waals surface area contributed by atoms with Gasteiger partial charge in [0.05, 0.1) is 6.07 Å². The molecule has 0 aromatic carbocycles. The molecule has 13 heavy (non-hydrogen) atoms. The number of hydrogen-bond donors (Lipinski definition) is 0. The quantitative estimate of drug-likeness (QED) is 0.593. The van der Waals surface area contributed by atoms with E-state index in [0.29, 0.717) is 17.8 Å². The zero-order valence-corrected chi connectivity index (χ0v) is 9.43. The van der Waals surface area contributed by atoms with Crippen molar-refractivity contribution in [1.29, 1.82) is 5.26 Å². The molecule has 3 atom stereocenters. The van der Waals surface area contributed by atoms with Crippen LogP contribution in [0.5, 0.6) is 0 Å². The number of alkyl halides is 1. The fraction of sp³-hybridized carbons (Fsp3) is 0.909. The van der Waals surface area contributed by atoms with Crippen LogP contribution in [0.25, 0.3) is 0 Å². The molecule has 1 nitrogen and oxygen atoms in total. The molecule has 0 aromatic rings. The predicted molar refractivity (Wildman–Crippen MR) is 55.5 cm³/mol. The first-order valence-corrected chi connectivity index (χ1v) is 5.47. The summed E-state index contributed by atoms with van der Waals surface area (Å²) < 4.78 is 0. The molecular weight excluding hydrogens is 182 g/mol. The first-order chi connectivity index (χ1) is 5.99. The van der Waals surface area contributed by atoms with E-state index in [4.69, 9.17) is 16.9 Å². The summed E-state index contributed by atoms with van der Waals surface area (Å²) in [5, 5.41) is 9.11. The van der Waals surface area contributed by atoms with Crippen molar-refractivity contribution in [1.82, 2.24) is 0 Å². The molecule has 0 radical (unpaired) electrons. The van der Waals surface area contributed by atoms with Gasteiger partial charge in [0, 0.05) is 0 Å². The lowest BCUT2D eigenvalue weighted by molar-refractivity contribution is 0.202. The third kappa shape index (κ3) is 2.17. The topological polar surface area (TPSA) is 23.8 Å². The largest absolute Gasteiger partial charge is 0.196 e. The van der Waals surface area contributed by atoms with Crippen molar-refractivity contribution >= 4 is 11.6 Å². The van der Waals surface area contributed by atoms with E-state index in [9.17, 15) is 0 Å². The Bertz CT molecular complexity index is 219. The lowest BCUT2D eigenvalue weighted by Crippen LogP contribution is -2.39. The van der Waals surface area contributed by atoms with E-state index in [1.54, 1.807) is 0 Å². The van der Waals surface area contributed by atoms with Crippen molar-refractivity contribution in [3.8, 4) is 6.07 Å². The van der Waals surface area contributed by atoms with Gasteiger partial charge in [-0.25, -0.2) is 0 Å². The lowest BCUT2D eigenvalue weighted by atomic mass is 9.70. The van der Waals surface area contributed by atoms with Gasteiger partial charge in [0.25, 0.3) is 0 Å². The molecular formula is C11H18ClN.